The van der Waals surface area contributed by atoms with Crippen LogP contribution >= 0.6 is 0 Å². The summed E-state index contributed by atoms with van der Waals surface area (Å²) < 4.78 is 38.7. The van der Waals surface area contributed by atoms with Crippen molar-refractivity contribution < 1.29 is 13.2 Å². The van der Waals surface area contributed by atoms with Gasteiger partial charge in [0.2, 0.25) is 0 Å². The normalized spacial score (nSPS) is 11.9. The average molecular weight is 245 g/mol. The van der Waals surface area contributed by atoms with E-state index in [0.29, 0.717) is 12.1 Å². The summed E-state index contributed by atoms with van der Waals surface area (Å²) >= 11 is 0. The highest BCUT2D eigenvalue weighted by molar-refractivity contribution is 5.19. The summed E-state index contributed by atoms with van der Waals surface area (Å²) in [5.41, 5.74) is 0.307. The first-order valence-corrected chi connectivity index (χ1v) is 5.74. The third-order valence-corrected chi connectivity index (χ3v) is 2.69. The van der Waals surface area contributed by atoms with Crippen LogP contribution in [0.15, 0.2) is 12.1 Å². The molecule has 0 spiro atoms. The monoisotopic (exact) mass is 245 g/mol. The SMILES string of the molecule is CCCC(C)(C)NCc1cc(F)c(F)c(F)c1. The summed E-state index contributed by atoms with van der Waals surface area (Å²) in [7, 11) is 0. The van der Waals surface area contributed by atoms with Crippen LogP contribution in [-0.4, -0.2) is 5.54 Å². The highest BCUT2D eigenvalue weighted by Gasteiger charge is 2.16. The van der Waals surface area contributed by atoms with E-state index in [2.05, 4.69) is 12.2 Å². The number of halogens is 3. The Bertz CT molecular complexity index is 365. The minimum absolute atomic E-state index is 0.101. The molecule has 1 N–H and O–H groups in total. The number of hydrogen-bond acceptors (Lipinski definition) is 1. The molecule has 0 aliphatic rings. The molecule has 0 heterocycles. The summed E-state index contributed by atoms with van der Waals surface area (Å²) in [6.07, 6.45) is 1.98. The largest absolute Gasteiger partial charge is 0.308 e. The molecule has 0 aliphatic carbocycles. The van der Waals surface area contributed by atoms with E-state index in [1.807, 2.05) is 13.8 Å². The van der Waals surface area contributed by atoms with E-state index in [9.17, 15) is 13.2 Å². The second kappa shape index (κ2) is 5.54. The summed E-state index contributed by atoms with van der Waals surface area (Å²) in [4.78, 5) is 0. The Kier molecular flexibility index (Phi) is 4.57. The fraction of sp³-hybridized carbons (Fsp3) is 0.538. The highest BCUT2D eigenvalue weighted by atomic mass is 19.2. The number of hydrogen-bond donors (Lipinski definition) is 1. The van der Waals surface area contributed by atoms with Crippen molar-refractivity contribution in [2.75, 3.05) is 0 Å². The maximum absolute atomic E-state index is 13.0. The molecule has 17 heavy (non-hydrogen) atoms. The third kappa shape index (κ3) is 4.04. The second-order valence-corrected chi connectivity index (χ2v) is 4.86. The fourth-order valence-electron chi connectivity index (χ4n) is 1.76. The third-order valence-electron chi connectivity index (χ3n) is 2.69. The summed E-state index contributed by atoms with van der Waals surface area (Å²) in [5.74, 6) is -3.70. The molecule has 0 aliphatic heterocycles. The van der Waals surface area contributed by atoms with Crippen molar-refractivity contribution in [3.8, 4) is 0 Å². The van der Waals surface area contributed by atoms with Gasteiger partial charge in [-0.05, 0) is 38.0 Å². The average Bonchev–Trinajstić information content (AvgIpc) is 2.23. The Balaban J connectivity index is 2.70. The van der Waals surface area contributed by atoms with E-state index in [0.717, 1.165) is 25.0 Å². The van der Waals surface area contributed by atoms with Gasteiger partial charge in [0.25, 0.3) is 0 Å². The quantitative estimate of drug-likeness (QED) is 0.778. The first-order valence-electron chi connectivity index (χ1n) is 5.74. The van der Waals surface area contributed by atoms with Crippen LogP contribution in [0.3, 0.4) is 0 Å². The maximum Gasteiger partial charge on any atom is 0.194 e. The molecule has 0 radical (unpaired) electrons. The first-order chi connectivity index (χ1) is 7.85. The lowest BCUT2D eigenvalue weighted by Crippen LogP contribution is -2.38. The Morgan fingerprint density at radius 1 is 1.12 bits per heavy atom. The van der Waals surface area contributed by atoms with Crippen LogP contribution in [0, 0.1) is 17.5 Å². The standard InChI is InChI=1S/C13H18F3N/c1-4-5-13(2,3)17-8-9-6-10(14)12(16)11(15)7-9/h6-7,17H,4-5,8H2,1-3H3. The molecule has 0 fully saturated rings. The zero-order valence-electron chi connectivity index (χ0n) is 10.4. The molecule has 1 aromatic rings. The molecule has 0 saturated heterocycles. The minimum Gasteiger partial charge on any atom is -0.308 e. The van der Waals surface area contributed by atoms with Crippen LogP contribution < -0.4 is 5.32 Å². The van der Waals surface area contributed by atoms with Gasteiger partial charge in [-0.2, -0.15) is 0 Å². The van der Waals surface area contributed by atoms with Crippen LogP contribution in [0.25, 0.3) is 0 Å². The first kappa shape index (κ1) is 14.0. The Labute approximate surface area is 100 Å². The van der Waals surface area contributed by atoms with Crippen molar-refractivity contribution in [2.24, 2.45) is 0 Å². The van der Waals surface area contributed by atoms with Crippen molar-refractivity contribution >= 4 is 0 Å². The predicted molar refractivity (Wildman–Crippen MR) is 62.1 cm³/mol. The Morgan fingerprint density at radius 3 is 2.12 bits per heavy atom. The van der Waals surface area contributed by atoms with Gasteiger partial charge in [0.15, 0.2) is 17.5 Å². The van der Waals surface area contributed by atoms with E-state index in [1.165, 1.54) is 0 Å². The Morgan fingerprint density at radius 2 is 1.65 bits per heavy atom. The molecule has 0 unspecified atom stereocenters. The Hall–Kier alpha value is -1.03. The van der Waals surface area contributed by atoms with Crippen LogP contribution in [0.4, 0.5) is 13.2 Å². The van der Waals surface area contributed by atoms with E-state index in [4.69, 9.17) is 0 Å². The maximum atomic E-state index is 13.0. The van der Waals surface area contributed by atoms with Crippen molar-refractivity contribution in [3.05, 3.63) is 35.1 Å². The van der Waals surface area contributed by atoms with Gasteiger partial charge >= 0.3 is 0 Å². The zero-order valence-corrected chi connectivity index (χ0v) is 10.4. The van der Waals surface area contributed by atoms with Crippen molar-refractivity contribution in [1.82, 2.24) is 5.32 Å². The van der Waals surface area contributed by atoms with Crippen molar-refractivity contribution in [2.45, 2.75) is 45.7 Å². The summed E-state index contributed by atoms with van der Waals surface area (Å²) in [6.45, 7) is 6.43. The van der Waals surface area contributed by atoms with Crippen LogP contribution in [0.1, 0.15) is 39.2 Å². The summed E-state index contributed by atoms with van der Waals surface area (Å²) in [6, 6.07) is 2.04. The van der Waals surface area contributed by atoms with Crippen LogP contribution in [0.5, 0.6) is 0 Å². The minimum atomic E-state index is -1.42. The lowest BCUT2D eigenvalue weighted by molar-refractivity contribution is 0.355. The molecule has 4 heteroatoms. The molecule has 1 aromatic carbocycles. The van der Waals surface area contributed by atoms with Gasteiger partial charge in [-0.1, -0.05) is 13.3 Å². The van der Waals surface area contributed by atoms with Crippen molar-refractivity contribution in [1.29, 1.82) is 0 Å². The number of benzene rings is 1. The molecule has 0 saturated carbocycles. The molecule has 96 valence electrons. The van der Waals surface area contributed by atoms with Gasteiger partial charge in [-0.3, -0.25) is 0 Å². The lowest BCUT2D eigenvalue weighted by atomic mass is 9.98. The second-order valence-electron chi connectivity index (χ2n) is 4.86. The predicted octanol–water partition coefficient (Wildman–Crippen LogP) is 3.77. The van der Waals surface area contributed by atoms with E-state index in [1.54, 1.807) is 0 Å². The van der Waals surface area contributed by atoms with E-state index >= 15 is 0 Å². The molecule has 0 amide bonds. The molecule has 0 atom stereocenters. The van der Waals surface area contributed by atoms with E-state index in [-0.39, 0.29) is 5.54 Å². The zero-order chi connectivity index (χ0) is 13.1. The van der Waals surface area contributed by atoms with Gasteiger partial charge in [0, 0.05) is 12.1 Å². The number of nitrogens with one attached hydrogen (secondary N) is 1. The van der Waals surface area contributed by atoms with Gasteiger partial charge in [-0.15, -0.1) is 0 Å². The van der Waals surface area contributed by atoms with Crippen LogP contribution in [-0.2, 0) is 6.54 Å². The molecule has 0 bridgehead atoms. The molecular weight excluding hydrogens is 227 g/mol. The molecule has 1 nitrogen and oxygen atoms in total. The fourth-order valence-corrected chi connectivity index (χ4v) is 1.76. The summed E-state index contributed by atoms with van der Waals surface area (Å²) in [5, 5.41) is 3.19. The molecular formula is C13H18F3N. The molecule has 0 aromatic heterocycles. The van der Waals surface area contributed by atoms with Gasteiger partial charge < -0.3 is 5.32 Å². The number of rotatable bonds is 5. The highest BCUT2D eigenvalue weighted by Crippen LogP contribution is 2.16. The van der Waals surface area contributed by atoms with Gasteiger partial charge in [0.1, 0.15) is 0 Å². The molecule has 1 rings (SSSR count). The smallest absolute Gasteiger partial charge is 0.194 e. The van der Waals surface area contributed by atoms with Gasteiger partial charge in [0.05, 0.1) is 0 Å². The van der Waals surface area contributed by atoms with Gasteiger partial charge in [-0.25, -0.2) is 13.2 Å². The topological polar surface area (TPSA) is 12.0 Å². The lowest BCUT2D eigenvalue weighted by Gasteiger charge is -2.26. The van der Waals surface area contributed by atoms with Crippen molar-refractivity contribution in [3.63, 3.8) is 0 Å². The van der Waals surface area contributed by atoms with E-state index < -0.39 is 17.5 Å². The van der Waals surface area contributed by atoms with Crippen LogP contribution in [0.2, 0.25) is 0 Å².